The zero-order valence-electron chi connectivity index (χ0n) is 11.2. The van der Waals surface area contributed by atoms with Gasteiger partial charge >= 0.3 is 0 Å². The second-order valence-corrected chi connectivity index (χ2v) is 4.69. The van der Waals surface area contributed by atoms with Gasteiger partial charge in [-0.15, -0.1) is 0 Å². The summed E-state index contributed by atoms with van der Waals surface area (Å²) in [5, 5.41) is 3.38. The van der Waals surface area contributed by atoms with Gasteiger partial charge in [-0.05, 0) is 39.0 Å². The van der Waals surface area contributed by atoms with Crippen molar-refractivity contribution in [3.63, 3.8) is 0 Å². The molecule has 1 N–H and O–H groups in total. The Kier molecular flexibility index (Phi) is 7.81. The first-order chi connectivity index (χ1) is 7.86. The molecule has 1 heterocycles. The summed E-state index contributed by atoms with van der Waals surface area (Å²) in [6, 6.07) is 0. The van der Waals surface area contributed by atoms with Crippen molar-refractivity contribution in [3.8, 4) is 0 Å². The Balaban J connectivity index is 1.90. The standard InChI is InChI=1S/C13H29N3/c1-3-14-8-6-5-7-9-16-12-10-15(4-2)11-13-16/h14H,3-13H2,1-2H3. The van der Waals surface area contributed by atoms with Gasteiger partial charge in [0.05, 0.1) is 0 Å². The van der Waals surface area contributed by atoms with E-state index in [0.717, 1.165) is 6.54 Å². The molecule has 0 spiro atoms. The maximum atomic E-state index is 3.38. The molecular weight excluding hydrogens is 198 g/mol. The quantitative estimate of drug-likeness (QED) is 0.633. The molecule has 1 aliphatic heterocycles. The lowest BCUT2D eigenvalue weighted by Crippen LogP contribution is -2.46. The lowest BCUT2D eigenvalue weighted by molar-refractivity contribution is 0.135. The predicted octanol–water partition coefficient (Wildman–Crippen LogP) is 1.40. The Hall–Kier alpha value is -0.120. The van der Waals surface area contributed by atoms with Crippen molar-refractivity contribution in [1.29, 1.82) is 0 Å². The van der Waals surface area contributed by atoms with Gasteiger partial charge in [0.2, 0.25) is 0 Å². The maximum absolute atomic E-state index is 3.38. The number of piperazine rings is 1. The average molecular weight is 227 g/mol. The van der Waals surface area contributed by atoms with Crippen LogP contribution in [0.15, 0.2) is 0 Å². The van der Waals surface area contributed by atoms with Crippen LogP contribution in [0.25, 0.3) is 0 Å². The molecule has 0 amide bonds. The highest BCUT2D eigenvalue weighted by Crippen LogP contribution is 2.04. The minimum atomic E-state index is 1.11. The van der Waals surface area contributed by atoms with Crippen molar-refractivity contribution in [3.05, 3.63) is 0 Å². The first-order valence-electron chi connectivity index (χ1n) is 7.02. The third kappa shape index (κ3) is 5.83. The Morgan fingerprint density at radius 3 is 2.19 bits per heavy atom. The van der Waals surface area contributed by atoms with Crippen LogP contribution in [0.5, 0.6) is 0 Å². The molecule has 16 heavy (non-hydrogen) atoms. The van der Waals surface area contributed by atoms with Crippen molar-refractivity contribution >= 4 is 0 Å². The molecule has 1 aliphatic rings. The molecule has 0 aromatic heterocycles. The molecular formula is C13H29N3. The van der Waals surface area contributed by atoms with Crippen LogP contribution in [0.3, 0.4) is 0 Å². The zero-order valence-corrected chi connectivity index (χ0v) is 11.2. The molecule has 0 atom stereocenters. The molecule has 0 aliphatic carbocycles. The summed E-state index contributed by atoms with van der Waals surface area (Å²) in [7, 11) is 0. The van der Waals surface area contributed by atoms with Gasteiger partial charge in [-0.25, -0.2) is 0 Å². The smallest absolute Gasteiger partial charge is 0.0110 e. The summed E-state index contributed by atoms with van der Waals surface area (Å²) in [5.41, 5.74) is 0. The summed E-state index contributed by atoms with van der Waals surface area (Å²) in [4.78, 5) is 5.17. The molecule has 0 saturated carbocycles. The van der Waals surface area contributed by atoms with Crippen LogP contribution in [0, 0.1) is 0 Å². The van der Waals surface area contributed by atoms with E-state index >= 15 is 0 Å². The topological polar surface area (TPSA) is 18.5 Å². The van der Waals surface area contributed by atoms with Crippen molar-refractivity contribution in [1.82, 2.24) is 15.1 Å². The molecule has 0 aromatic carbocycles. The Morgan fingerprint density at radius 2 is 1.56 bits per heavy atom. The van der Waals surface area contributed by atoms with Gasteiger partial charge in [-0.3, -0.25) is 0 Å². The molecule has 1 fully saturated rings. The third-order valence-corrected chi connectivity index (χ3v) is 3.49. The Bertz CT molecular complexity index is 153. The highest BCUT2D eigenvalue weighted by Gasteiger charge is 2.14. The number of rotatable bonds is 8. The molecule has 0 unspecified atom stereocenters. The van der Waals surface area contributed by atoms with Crippen LogP contribution in [0.2, 0.25) is 0 Å². The van der Waals surface area contributed by atoms with E-state index in [2.05, 4.69) is 29.0 Å². The van der Waals surface area contributed by atoms with Crippen LogP contribution in [0.4, 0.5) is 0 Å². The van der Waals surface area contributed by atoms with Crippen LogP contribution in [-0.4, -0.2) is 62.2 Å². The summed E-state index contributed by atoms with van der Waals surface area (Å²) < 4.78 is 0. The number of likely N-dealkylation sites (N-methyl/N-ethyl adjacent to an activating group) is 1. The molecule has 3 heteroatoms. The van der Waals surface area contributed by atoms with Crippen molar-refractivity contribution in [2.75, 3.05) is 52.4 Å². The van der Waals surface area contributed by atoms with Crippen LogP contribution in [0.1, 0.15) is 33.1 Å². The lowest BCUT2D eigenvalue weighted by atomic mass is 10.2. The minimum absolute atomic E-state index is 1.11. The van der Waals surface area contributed by atoms with Gasteiger partial charge in [0.15, 0.2) is 0 Å². The second-order valence-electron chi connectivity index (χ2n) is 4.69. The second kappa shape index (κ2) is 8.97. The maximum Gasteiger partial charge on any atom is 0.0110 e. The summed E-state index contributed by atoms with van der Waals surface area (Å²) in [5.74, 6) is 0. The predicted molar refractivity (Wildman–Crippen MR) is 70.9 cm³/mol. The molecule has 0 radical (unpaired) electrons. The van der Waals surface area contributed by atoms with E-state index in [0.29, 0.717) is 0 Å². The number of unbranched alkanes of at least 4 members (excludes halogenated alkanes) is 2. The van der Waals surface area contributed by atoms with Crippen LogP contribution in [-0.2, 0) is 0 Å². The minimum Gasteiger partial charge on any atom is -0.317 e. The van der Waals surface area contributed by atoms with Gasteiger partial charge in [0, 0.05) is 26.2 Å². The lowest BCUT2D eigenvalue weighted by Gasteiger charge is -2.33. The van der Waals surface area contributed by atoms with E-state index in [1.807, 2.05) is 0 Å². The number of nitrogens with zero attached hydrogens (tertiary/aromatic N) is 2. The Morgan fingerprint density at radius 1 is 0.875 bits per heavy atom. The first-order valence-corrected chi connectivity index (χ1v) is 7.02. The van der Waals surface area contributed by atoms with Crippen LogP contribution < -0.4 is 5.32 Å². The number of hydrogen-bond donors (Lipinski definition) is 1. The number of nitrogens with one attached hydrogen (secondary N) is 1. The number of hydrogen-bond acceptors (Lipinski definition) is 3. The molecule has 96 valence electrons. The van der Waals surface area contributed by atoms with E-state index < -0.39 is 0 Å². The first kappa shape index (κ1) is 13.9. The fraction of sp³-hybridized carbons (Fsp3) is 1.00. The van der Waals surface area contributed by atoms with Gasteiger partial charge in [0.1, 0.15) is 0 Å². The molecule has 3 nitrogen and oxygen atoms in total. The molecule has 0 aromatic rings. The molecule has 1 rings (SSSR count). The van der Waals surface area contributed by atoms with Crippen LogP contribution >= 0.6 is 0 Å². The molecule has 1 saturated heterocycles. The summed E-state index contributed by atoms with van der Waals surface area (Å²) >= 11 is 0. The van der Waals surface area contributed by atoms with E-state index in [1.54, 1.807) is 0 Å². The van der Waals surface area contributed by atoms with E-state index in [4.69, 9.17) is 0 Å². The zero-order chi connectivity index (χ0) is 11.6. The summed E-state index contributed by atoms with van der Waals surface area (Å²) in [6.07, 6.45) is 4.08. The average Bonchev–Trinajstić information content (AvgIpc) is 2.34. The van der Waals surface area contributed by atoms with E-state index in [-0.39, 0.29) is 0 Å². The summed E-state index contributed by atoms with van der Waals surface area (Å²) in [6.45, 7) is 14.4. The fourth-order valence-corrected chi connectivity index (χ4v) is 2.27. The monoisotopic (exact) mass is 227 g/mol. The highest BCUT2D eigenvalue weighted by atomic mass is 15.3. The normalized spacial score (nSPS) is 19.1. The van der Waals surface area contributed by atoms with Crippen molar-refractivity contribution in [2.45, 2.75) is 33.1 Å². The van der Waals surface area contributed by atoms with E-state index in [1.165, 1.54) is 65.1 Å². The van der Waals surface area contributed by atoms with Crippen molar-refractivity contribution in [2.24, 2.45) is 0 Å². The van der Waals surface area contributed by atoms with Crippen molar-refractivity contribution < 1.29 is 0 Å². The highest BCUT2D eigenvalue weighted by molar-refractivity contribution is 4.70. The molecule has 0 bridgehead atoms. The Labute approximate surface area is 101 Å². The largest absolute Gasteiger partial charge is 0.317 e. The van der Waals surface area contributed by atoms with Gasteiger partial charge in [0.25, 0.3) is 0 Å². The van der Waals surface area contributed by atoms with E-state index in [9.17, 15) is 0 Å². The SMILES string of the molecule is CCNCCCCCN1CCN(CC)CC1. The fourth-order valence-electron chi connectivity index (χ4n) is 2.27. The van der Waals surface area contributed by atoms with Gasteiger partial charge in [-0.1, -0.05) is 20.3 Å². The van der Waals surface area contributed by atoms with Gasteiger partial charge < -0.3 is 15.1 Å². The van der Waals surface area contributed by atoms with Gasteiger partial charge in [-0.2, -0.15) is 0 Å². The third-order valence-electron chi connectivity index (χ3n) is 3.49.